The number of hydrogen-bond acceptors (Lipinski definition) is 4. The molecule has 102 valence electrons. The highest BCUT2D eigenvalue weighted by atomic mass is 32.1. The van der Waals surface area contributed by atoms with Crippen LogP contribution in [0.25, 0.3) is 0 Å². The molecule has 4 aliphatic carbocycles. The maximum absolute atomic E-state index is 10.9. The van der Waals surface area contributed by atoms with E-state index in [2.05, 4.69) is 25.5 Å². The Bertz CT molecular complexity index is 310. The molecule has 0 radical (unpaired) electrons. The second-order valence-corrected chi connectivity index (χ2v) is 7.03. The van der Waals surface area contributed by atoms with Crippen LogP contribution in [-0.2, 0) is 8.92 Å². The lowest BCUT2D eigenvalue weighted by atomic mass is 9.48. The van der Waals surface area contributed by atoms with Crippen LogP contribution in [0.5, 0.6) is 0 Å². The minimum atomic E-state index is -0.532. The largest absolute Gasteiger partial charge is 0.455 e. The predicted octanol–water partition coefficient (Wildman–Crippen LogP) is 3.50. The third-order valence-corrected chi connectivity index (χ3v) is 5.64. The van der Waals surface area contributed by atoms with Crippen molar-refractivity contribution in [1.29, 1.82) is 0 Å². The summed E-state index contributed by atoms with van der Waals surface area (Å²) < 4.78 is 10.4. The summed E-state index contributed by atoms with van der Waals surface area (Å²) in [6.45, 7) is 0.290. The Labute approximate surface area is 119 Å². The lowest BCUT2D eigenvalue weighted by Crippen LogP contribution is -2.53. The lowest BCUT2D eigenvalue weighted by Gasteiger charge is -2.58. The molecule has 0 saturated heterocycles. The highest BCUT2D eigenvalue weighted by Gasteiger charge is 2.54. The van der Waals surface area contributed by atoms with Crippen molar-refractivity contribution in [2.45, 2.75) is 44.6 Å². The second-order valence-electron chi connectivity index (χ2n) is 6.45. The van der Waals surface area contributed by atoms with Crippen LogP contribution in [-0.4, -0.2) is 18.0 Å². The van der Waals surface area contributed by atoms with Crippen LogP contribution >= 0.6 is 25.5 Å². The molecule has 18 heavy (non-hydrogen) atoms. The minimum Gasteiger partial charge on any atom is -0.455 e. The van der Waals surface area contributed by atoms with Crippen molar-refractivity contribution in [2.75, 3.05) is 6.61 Å². The van der Waals surface area contributed by atoms with E-state index in [0.29, 0.717) is 0 Å². The Morgan fingerprint density at radius 2 is 1.67 bits per heavy atom. The maximum Gasteiger partial charge on any atom is 0.364 e. The molecule has 1 atom stereocenters. The van der Waals surface area contributed by atoms with Crippen LogP contribution in [0.4, 0.5) is 4.79 Å². The van der Waals surface area contributed by atoms with Crippen LogP contribution in [0.3, 0.4) is 0 Å². The summed E-state index contributed by atoms with van der Waals surface area (Å²) in [6.07, 6.45) is 7.75. The van der Waals surface area contributed by atoms with E-state index in [-0.39, 0.29) is 18.1 Å². The summed E-state index contributed by atoms with van der Waals surface area (Å²) >= 11 is 7.67. The number of carbonyl (C=O) groups excluding carboxylic acids is 1. The van der Waals surface area contributed by atoms with Gasteiger partial charge >= 0.3 is 5.30 Å². The van der Waals surface area contributed by atoms with Crippen molar-refractivity contribution < 1.29 is 13.7 Å². The van der Waals surface area contributed by atoms with Crippen molar-refractivity contribution in [3.8, 4) is 0 Å². The highest BCUT2D eigenvalue weighted by Crippen LogP contribution is 2.61. The van der Waals surface area contributed by atoms with Gasteiger partial charge in [0.05, 0.1) is 0 Å². The molecule has 4 rings (SSSR count). The number of carbonyl (C=O) groups is 1. The van der Waals surface area contributed by atoms with Crippen molar-refractivity contribution in [3.63, 3.8) is 0 Å². The molecule has 0 amide bonds. The van der Waals surface area contributed by atoms with Gasteiger partial charge in [-0.15, -0.1) is 0 Å². The molecule has 5 heteroatoms. The summed E-state index contributed by atoms with van der Waals surface area (Å²) in [5.41, 5.74) is 0.194. The third-order valence-electron chi connectivity index (χ3n) is 5.25. The SMILES string of the molecule is O=C(S)OCC(OS)C12CC3CC(CC(C3)C1)C2. The monoisotopic (exact) mass is 288 g/mol. The van der Waals surface area contributed by atoms with Crippen molar-refractivity contribution in [2.24, 2.45) is 23.2 Å². The van der Waals surface area contributed by atoms with E-state index in [1.165, 1.54) is 38.5 Å². The first-order valence-corrected chi connectivity index (χ1v) is 7.58. The van der Waals surface area contributed by atoms with E-state index in [0.717, 1.165) is 17.8 Å². The molecule has 0 aromatic rings. The number of thiol groups is 2. The van der Waals surface area contributed by atoms with Gasteiger partial charge in [-0.05, 0) is 69.2 Å². The van der Waals surface area contributed by atoms with Gasteiger partial charge in [0.1, 0.15) is 12.7 Å². The maximum atomic E-state index is 10.9. The minimum absolute atomic E-state index is 0.0784. The van der Waals surface area contributed by atoms with Gasteiger partial charge in [-0.1, -0.05) is 12.6 Å². The zero-order chi connectivity index (χ0) is 12.8. The van der Waals surface area contributed by atoms with Crippen molar-refractivity contribution in [1.82, 2.24) is 0 Å². The first-order valence-electron chi connectivity index (χ1n) is 6.77. The fourth-order valence-corrected chi connectivity index (χ4v) is 5.40. The summed E-state index contributed by atoms with van der Waals surface area (Å²) in [5.74, 6) is 2.57. The molecule has 0 spiro atoms. The van der Waals surface area contributed by atoms with Gasteiger partial charge in [0.2, 0.25) is 0 Å². The fourth-order valence-electron chi connectivity index (χ4n) is 5.04. The Balaban J connectivity index is 1.74. The summed E-state index contributed by atoms with van der Waals surface area (Å²) in [7, 11) is 0. The molecule has 0 aromatic heterocycles. The summed E-state index contributed by atoms with van der Waals surface area (Å²) in [5, 5.41) is -0.532. The molecule has 0 N–H and O–H groups in total. The zero-order valence-electron chi connectivity index (χ0n) is 10.4. The zero-order valence-corrected chi connectivity index (χ0v) is 12.2. The van der Waals surface area contributed by atoms with Gasteiger partial charge in [0.15, 0.2) is 0 Å². The number of hydrogen-bond donors (Lipinski definition) is 2. The van der Waals surface area contributed by atoms with Gasteiger partial charge in [0.25, 0.3) is 0 Å². The molecule has 4 aliphatic rings. The first-order chi connectivity index (χ1) is 8.61. The van der Waals surface area contributed by atoms with Crippen LogP contribution in [0, 0.1) is 23.2 Å². The van der Waals surface area contributed by atoms with Gasteiger partial charge < -0.3 is 8.92 Å². The molecule has 4 bridgehead atoms. The second kappa shape index (κ2) is 4.91. The first kappa shape index (κ1) is 13.1. The van der Waals surface area contributed by atoms with E-state index < -0.39 is 5.30 Å². The smallest absolute Gasteiger partial charge is 0.364 e. The van der Waals surface area contributed by atoms with E-state index in [1.54, 1.807) is 0 Å². The Kier molecular flexibility index (Phi) is 3.58. The van der Waals surface area contributed by atoms with Gasteiger partial charge in [-0.25, -0.2) is 4.79 Å². The molecular weight excluding hydrogens is 268 g/mol. The van der Waals surface area contributed by atoms with Crippen molar-refractivity contribution in [3.05, 3.63) is 0 Å². The lowest BCUT2D eigenvalue weighted by molar-refractivity contribution is -0.117. The van der Waals surface area contributed by atoms with E-state index >= 15 is 0 Å². The van der Waals surface area contributed by atoms with Crippen molar-refractivity contribution >= 4 is 30.8 Å². The predicted molar refractivity (Wildman–Crippen MR) is 74.8 cm³/mol. The van der Waals surface area contributed by atoms with Gasteiger partial charge in [-0.2, -0.15) is 0 Å². The number of rotatable bonds is 4. The molecule has 4 fully saturated rings. The molecule has 0 heterocycles. The van der Waals surface area contributed by atoms with Crippen LogP contribution < -0.4 is 0 Å². The van der Waals surface area contributed by atoms with E-state index in [1.807, 2.05) is 0 Å². The standard InChI is InChI=1S/C13H20O3S2/c14-12(17)15-7-11(16-18)13-4-8-1-9(5-13)3-10(2-8)6-13/h8-11,18H,1-7H2,(H,14,17). The Morgan fingerprint density at radius 1 is 1.17 bits per heavy atom. The van der Waals surface area contributed by atoms with E-state index in [9.17, 15) is 4.79 Å². The Hall–Kier alpha value is 0.130. The van der Waals surface area contributed by atoms with E-state index in [4.69, 9.17) is 8.92 Å². The molecule has 3 nitrogen and oxygen atoms in total. The topological polar surface area (TPSA) is 35.5 Å². The molecular formula is C13H20O3S2. The molecule has 4 saturated carbocycles. The average Bonchev–Trinajstić information content (AvgIpc) is 2.26. The summed E-state index contributed by atoms with van der Waals surface area (Å²) in [4.78, 5) is 10.9. The summed E-state index contributed by atoms with van der Waals surface area (Å²) in [6, 6.07) is 0. The van der Waals surface area contributed by atoms with Crippen LogP contribution in [0.2, 0.25) is 0 Å². The quantitative estimate of drug-likeness (QED) is 0.472. The average molecular weight is 288 g/mol. The molecule has 0 aromatic carbocycles. The molecule has 0 aliphatic heterocycles. The fraction of sp³-hybridized carbons (Fsp3) is 0.923. The number of ether oxygens (including phenoxy) is 1. The van der Waals surface area contributed by atoms with Crippen LogP contribution in [0.15, 0.2) is 0 Å². The van der Waals surface area contributed by atoms with Crippen LogP contribution in [0.1, 0.15) is 38.5 Å². The molecule has 1 unspecified atom stereocenters. The Morgan fingerprint density at radius 3 is 2.06 bits per heavy atom. The third kappa shape index (κ3) is 2.29. The van der Waals surface area contributed by atoms with Gasteiger partial charge in [-0.3, -0.25) is 0 Å². The van der Waals surface area contributed by atoms with Gasteiger partial charge in [0, 0.05) is 5.41 Å². The highest BCUT2D eigenvalue weighted by molar-refractivity contribution is 7.96. The normalized spacial score (nSPS) is 42.9.